The van der Waals surface area contributed by atoms with Crippen LogP contribution in [-0.2, 0) is 6.54 Å². The van der Waals surface area contributed by atoms with Gasteiger partial charge in [-0.05, 0) is 35.9 Å². The van der Waals surface area contributed by atoms with E-state index in [9.17, 15) is 18.3 Å². The molecule has 0 radical (unpaired) electrons. The van der Waals surface area contributed by atoms with E-state index in [1.54, 1.807) is 36.4 Å². The van der Waals surface area contributed by atoms with E-state index in [1.165, 1.54) is 17.5 Å². The van der Waals surface area contributed by atoms with E-state index in [0.29, 0.717) is 21.6 Å². The first-order valence-electron chi connectivity index (χ1n) is 6.59. The molecule has 1 aliphatic rings. The third-order valence-corrected chi connectivity index (χ3v) is 4.92. The third kappa shape index (κ3) is 2.76. The maximum Gasteiger partial charge on any atom is 0.252 e. The summed E-state index contributed by atoms with van der Waals surface area (Å²) < 4.78 is 32.8. The minimum absolute atomic E-state index is 0.195. The number of amides is 1. The van der Waals surface area contributed by atoms with E-state index in [-0.39, 0.29) is 18.3 Å². The number of halogens is 1. The van der Waals surface area contributed by atoms with E-state index >= 15 is 0 Å². The number of hydrogen-bond donors (Lipinski definition) is 3. The monoisotopic (exact) mass is 319 g/mol. The number of benzene rings is 2. The van der Waals surface area contributed by atoms with Gasteiger partial charge in [0, 0.05) is 23.1 Å². The van der Waals surface area contributed by atoms with E-state index in [1.807, 2.05) is 0 Å². The Morgan fingerprint density at radius 2 is 1.95 bits per heavy atom. The van der Waals surface area contributed by atoms with Gasteiger partial charge in [-0.15, -0.1) is 10.6 Å². The highest BCUT2D eigenvalue weighted by atomic mass is 32.3. The normalized spacial score (nSPS) is 16.1. The summed E-state index contributed by atoms with van der Waals surface area (Å²) in [6.07, 6.45) is 1.54. The van der Waals surface area contributed by atoms with Gasteiger partial charge in [-0.2, -0.15) is 0 Å². The van der Waals surface area contributed by atoms with Crippen LogP contribution in [0.15, 0.2) is 52.8 Å². The fourth-order valence-corrected chi connectivity index (χ4v) is 3.59. The molecule has 1 amide bonds. The van der Waals surface area contributed by atoms with Crippen molar-refractivity contribution in [3.8, 4) is 0 Å². The molecule has 3 rings (SSSR count). The Hall–Kier alpha value is -2.15. The minimum Gasteiger partial charge on any atom is -0.348 e. The Bertz CT molecular complexity index is 774. The topological polar surface area (TPSA) is 69.6 Å². The maximum atomic E-state index is 13.1. The molecule has 4 nitrogen and oxygen atoms in total. The molecular formula is C16H14FNO3S. The Morgan fingerprint density at radius 3 is 2.73 bits per heavy atom. The second-order valence-electron chi connectivity index (χ2n) is 4.93. The zero-order chi connectivity index (χ0) is 15.7. The van der Waals surface area contributed by atoms with Crippen molar-refractivity contribution in [3.63, 3.8) is 0 Å². The van der Waals surface area contributed by atoms with E-state index in [4.69, 9.17) is 0 Å². The van der Waals surface area contributed by atoms with Crippen LogP contribution in [0.3, 0.4) is 0 Å². The van der Waals surface area contributed by atoms with Gasteiger partial charge in [0.15, 0.2) is 0 Å². The number of rotatable bonds is 3. The van der Waals surface area contributed by atoms with Gasteiger partial charge in [-0.25, -0.2) is 4.39 Å². The number of carbonyl (C=O) groups is 1. The standard InChI is InChI=1S/C16H14FNO3S/c17-12-4-1-3-11(9-12)10-18-16(19)14-5-2-6-15-13(14)7-8-22(15,20)21/h1-9,20-21H,10H2,(H,18,19). The van der Waals surface area contributed by atoms with Gasteiger partial charge in [0.2, 0.25) is 0 Å². The lowest BCUT2D eigenvalue weighted by atomic mass is 10.1. The van der Waals surface area contributed by atoms with Crippen LogP contribution in [0.1, 0.15) is 21.5 Å². The quantitative estimate of drug-likeness (QED) is 0.805. The molecule has 0 bridgehead atoms. The summed E-state index contributed by atoms with van der Waals surface area (Å²) in [6.45, 7) is 0.195. The van der Waals surface area contributed by atoms with Gasteiger partial charge in [-0.3, -0.25) is 13.9 Å². The molecule has 0 atom stereocenters. The summed E-state index contributed by atoms with van der Waals surface area (Å²) in [4.78, 5) is 12.6. The average Bonchev–Trinajstić information content (AvgIpc) is 2.81. The van der Waals surface area contributed by atoms with E-state index < -0.39 is 10.6 Å². The van der Waals surface area contributed by atoms with Crippen LogP contribution >= 0.6 is 10.6 Å². The molecular weight excluding hydrogens is 305 g/mol. The Morgan fingerprint density at radius 1 is 1.18 bits per heavy atom. The molecule has 22 heavy (non-hydrogen) atoms. The van der Waals surface area contributed by atoms with E-state index in [0.717, 1.165) is 0 Å². The predicted octanol–water partition coefficient (Wildman–Crippen LogP) is 3.85. The van der Waals surface area contributed by atoms with Crippen LogP contribution in [0.25, 0.3) is 6.08 Å². The molecule has 0 unspecified atom stereocenters. The Labute approximate surface area is 128 Å². The highest BCUT2D eigenvalue weighted by Crippen LogP contribution is 2.56. The second kappa shape index (κ2) is 5.57. The highest BCUT2D eigenvalue weighted by Gasteiger charge is 2.25. The summed E-state index contributed by atoms with van der Waals surface area (Å²) in [7, 11) is -2.94. The summed E-state index contributed by atoms with van der Waals surface area (Å²) in [5, 5.41) is 4.01. The molecule has 3 N–H and O–H groups in total. The summed E-state index contributed by atoms with van der Waals surface area (Å²) >= 11 is 0. The summed E-state index contributed by atoms with van der Waals surface area (Å²) in [5.41, 5.74) is 1.53. The molecule has 0 aromatic heterocycles. The van der Waals surface area contributed by atoms with Gasteiger partial charge in [0.1, 0.15) is 5.82 Å². The predicted molar refractivity (Wildman–Crippen MR) is 84.2 cm³/mol. The Balaban J connectivity index is 1.80. The Kier molecular flexibility index (Phi) is 3.74. The summed E-state index contributed by atoms with van der Waals surface area (Å²) in [5.74, 6) is -0.702. The molecule has 1 heterocycles. The van der Waals surface area contributed by atoms with Gasteiger partial charge in [0.05, 0.1) is 4.90 Å². The van der Waals surface area contributed by atoms with Gasteiger partial charge >= 0.3 is 0 Å². The van der Waals surface area contributed by atoms with Crippen molar-refractivity contribution in [1.82, 2.24) is 5.32 Å². The smallest absolute Gasteiger partial charge is 0.252 e. The molecule has 6 heteroatoms. The molecule has 114 valence electrons. The molecule has 0 aliphatic carbocycles. The van der Waals surface area contributed by atoms with Crippen molar-refractivity contribution in [2.75, 3.05) is 0 Å². The van der Waals surface area contributed by atoms with Crippen molar-refractivity contribution in [2.24, 2.45) is 0 Å². The largest absolute Gasteiger partial charge is 0.348 e. The van der Waals surface area contributed by atoms with Crippen LogP contribution in [0.2, 0.25) is 0 Å². The zero-order valence-electron chi connectivity index (χ0n) is 11.5. The average molecular weight is 319 g/mol. The lowest BCUT2D eigenvalue weighted by molar-refractivity contribution is 0.0950. The number of carbonyl (C=O) groups excluding carboxylic acids is 1. The molecule has 1 aliphatic heterocycles. The molecule has 0 saturated carbocycles. The number of hydrogen-bond acceptors (Lipinski definition) is 3. The lowest BCUT2D eigenvalue weighted by Crippen LogP contribution is -2.23. The molecule has 2 aromatic rings. The van der Waals surface area contributed by atoms with Gasteiger partial charge in [-0.1, -0.05) is 18.2 Å². The lowest BCUT2D eigenvalue weighted by Gasteiger charge is -2.25. The first-order chi connectivity index (χ1) is 10.5. The van der Waals surface area contributed by atoms with Crippen molar-refractivity contribution >= 4 is 22.6 Å². The van der Waals surface area contributed by atoms with Crippen LogP contribution in [0.4, 0.5) is 4.39 Å². The second-order valence-corrected chi connectivity index (χ2v) is 6.82. The van der Waals surface area contributed by atoms with Crippen LogP contribution in [0.5, 0.6) is 0 Å². The van der Waals surface area contributed by atoms with Crippen molar-refractivity contribution in [2.45, 2.75) is 11.4 Å². The number of fused-ring (bicyclic) bond motifs is 1. The van der Waals surface area contributed by atoms with Crippen molar-refractivity contribution in [3.05, 3.63) is 70.4 Å². The highest BCUT2D eigenvalue weighted by molar-refractivity contribution is 8.27. The van der Waals surface area contributed by atoms with Crippen molar-refractivity contribution < 1.29 is 18.3 Å². The van der Waals surface area contributed by atoms with Gasteiger partial charge in [0.25, 0.3) is 5.91 Å². The summed E-state index contributed by atoms with van der Waals surface area (Å²) in [6, 6.07) is 10.8. The molecule has 0 fully saturated rings. The SMILES string of the molecule is O=C(NCc1cccc(F)c1)c1cccc2c1C=CS2(O)O. The van der Waals surface area contributed by atoms with E-state index in [2.05, 4.69) is 5.32 Å². The zero-order valence-corrected chi connectivity index (χ0v) is 12.3. The van der Waals surface area contributed by atoms with Crippen LogP contribution in [-0.4, -0.2) is 15.0 Å². The fourth-order valence-electron chi connectivity index (χ4n) is 2.34. The third-order valence-electron chi connectivity index (χ3n) is 3.40. The maximum absolute atomic E-state index is 13.1. The van der Waals surface area contributed by atoms with Crippen molar-refractivity contribution in [1.29, 1.82) is 0 Å². The molecule has 0 saturated heterocycles. The first-order valence-corrected chi connectivity index (χ1v) is 8.20. The fraction of sp³-hybridized carbons (Fsp3) is 0.0625. The van der Waals surface area contributed by atoms with Crippen LogP contribution < -0.4 is 5.32 Å². The molecule has 0 spiro atoms. The van der Waals surface area contributed by atoms with Gasteiger partial charge < -0.3 is 5.32 Å². The molecule has 2 aromatic carbocycles. The number of nitrogens with one attached hydrogen (secondary N) is 1. The minimum atomic E-state index is -2.94. The van der Waals surface area contributed by atoms with Crippen LogP contribution in [0, 0.1) is 5.82 Å². The first kappa shape index (κ1) is 14.8.